The molecular weight excluding hydrogens is 372 g/mol. The maximum atomic E-state index is 12.4. The number of anilines is 2. The van der Waals surface area contributed by atoms with Gasteiger partial charge in [-0.15, -0.1) is 0 Å². The zero-order chi connectivity index (χ0) is 20.8. The van der Waals surface area contributed by atoms with Crippen molar-refractivity contribution in [2.75, 3.05) is 23.3 Å². The highest BCUT2D eigenvalue weighted by atomic mass is 16.1. The first-order valence-electron chi connectivity index (χ1n) is 10.3. The Morgan fingerprint density at radius 2 is 1.87 bits per heavy atom. The molecule has 1 aliphatic heterocycles. The van der Waals surface area contributed by atoms with Crippen LogP contribution in [0.3, 0.4) is 0 Å². The summed E-state index contributed by atoms with van der Waals surface area (Å²) >= 11 is 0. The third kappa shape index (κ3) is 4.84. The van der Waals surface area contributed by atoms with E-state index in [1.165, 1.54) is 5.56 Å². The van der Waals surface area contributed by atoms with Gasteiger partial charge in [0.05, 0.1) is 23.5 Å². The van der Waals surface area contributed by atoms with Crippen molar-refractivity contribution >= 4 is 17.3 Å². The summed E-state index contributed by atoms with van der Waals surface area (Å²) in [6.07, 6.45) is 5.23. The van der Waals surface area contributed by atoms with E-state index in [1.807, 2.05) is 6.07 Å². The van der Waals surface area contributed by atoms with E-state index in [1.54, 1.807) is 36.5 Å². The number of carbonyl (C=O) groups excluding carboxylic acids is 1. The van der Waals surface area contributed by atoms with Crippen molar-refractivity contribution in [2.24, 2.45) is 5.92 Å². The van der Waals surface area contributed by atoms with E-state index in [2.05, 4.69) is 51.6 Å². The summed E-state index contributed by atoms with van der Waals surface area (Å²) in [7, 11) is 0. The normalized spacial score (nSPS) is 14.2. The van der Waals surface area contributed by atoms with Crippen molar-refractivity contribution in [1.29, 1.82) is 5.26 Å². The van der Waals surface area contributed by atoms with Crippen LogP contribution in [0, 0.1) is 17.2 Å². The lowest BCUT2D eigenvalue weighted by molar-refractivity contribution is 0.102. The predicted octanol–water partition coefficient (Wildman–Crippen LogP) is 4.66. The van der Waals surface area contributed by atoms with Crippen LogP contribution in [0.1, 0.15) is 34.5 Å². The lowest BCUT2D eigenvalue weighted by Crippen LogP contribution is -2.34. The van der Waals surface area contributed by atoms with E-state index in [9.17, 15) is 4.79 Å². The smallest absolute Gasteiger partial charge is 0.274 e. The summed E-state index contributed by atoms with van der Waals surface area (Å²) in [6, 6.07) is 23.3. The molecule has 3 aromatic rings. The molecule has 0 bridgehead atoms. The number of rotatable bonds is 5. The second-order valence-corrected chi connectivity index (χ2v) is 7.67. The molecule has 1 amide bonds. The van der Waals surface area contributed by atoms with Gasteiger partial charge in [-0.05, 0) is 61.1 Å². The molecule has 2 aromatic carbocycles. The van der Waals surface area contributed by atoms with Crippen LogP contribution in [0.4, 0.5) is 11.4 Å². The molecule has 0 saturated carbocycles. The molecule has 1 saturated heterocycles. The number of aromatic nitrogens is 1. The Kier molecular flexibility index (Phi) is 6.05. The largest absolute Gasteiger partial charge is 0.370 e. The van der Waals surface area contributed by atoms with Crippen LogP contribution < -0.4 is 10.2 Å². The maximum absolute atomic E-state index is 12.4. The fourth-order valence-electron chi connectivity index (χ4n) is 3.91. The molecule has 1 aromatic heterocycles. The van der Waals surface area contributed by atoms with Crippen LogP contribution in [-0.4, -0.2) is 24.0 Å². The summed E-state index contributed by atoms with van der Waals surface area (Å²) in [6.45, 7) is 2.01. The van der Waals surface area contributed by atoms with Gasteiger partial charge >= 0.3 is 0 Å². The summed E-state index contributed by atoms with van der Waals surface area (Å²) < 4.78 is 0. The molecule has 30 heavy (non-hydrogen) atoms. The molecule has 0 atom stereocenters. The minimum Gasteiger partial charge on any atom is -0.370 e. The van der Waals surface area contributed by atoms with Crippen molar-refractivity contribution in [1.82, 2.24) is 4.98 Å². The number of hydrogen-bond acceptors (Lipinski definition) is 4. The highest BCUT2D eigenvalue weighted by Crippen LogP contribution is 2.25. The molecule has 0 aliphatic carbocycles. The van der Waals surface area contributed by atoms with Gasteiger partial charge in [0.25, 0.3) is 5.91 Å². The quantitative estimate of drug-likeness (QED) is 0.681. The highest BCUT2D eigenvalue weighted by molar-refractivity contribution is 6.03. The van der Waals surface area contributed by atoms with E-state index in [4.69, 9.17) is 5.26 Å². The van der Waals surface area contributed by atoms with Crippen LogP contribution in [-0.2, 0) is 6.42 Å². The van der Waals surface area contributed by atoms with Crippen molar-refractivity contribution in [3.8, 4) is 6.07 Å². The van der Waals surface area contributed by atoms with Crippen LogP contribution in [0.25, 0.3) is 0 Å². The van der Waals surface area contributed by atoms with Gasteiger partial charge in [0, 0.05) is 18.8 Å². The first-order valence-corrected chi connectivity index (χ1v) is 10.3. The Balaban J connectivity index is 1.32. The van der Waals surface area contributed by atoms with E-state index in [-0.39, 0.29) is 5.91 Å². The topological polar surface area (TPSA) is 69.0 Å². The Morgan fingerprint density at radius 3 is 2.57 bits per heavy atom. The average Bonchev–Trinajstić information content (AvgIpc) is 2.80. The van der Waals surface area contributed by atoms with Crippen LogP contribution in [0.15, 0.2) is 72.9 Å². The third-order valence-electron chi connectivity index (χ3n) is 5.58. The lowest BCUT2D eigenvalue weighted by atomic mass is 9.90. The number of nitrogens with one attached hydrogen (secondary N) is 1. The molecule has 5 heteroatoms. The van der Waals surface area contributed by atoms with Crippen molar-refractivity contribution in [3.05, 3.63) is 89.7 Å². The highest BCUT2D eigenvalue weighted by Gasteiger charge is 2.20. The zero-order valence-corrected chi connectivity index (χ0v) is 16.8. The van der Waals surface area contributed by atoms with Crippen molar-refractivity contribution in [3.63, 3.8) is 0 Å². The van der Waals surface area contributed by atoms with Gasteiger partial charge < -0.3 is 10.2 Å². The number of piperidine rings is 1. The number of pyridine rings is 1. The maximum Gasteiger partial charge on any atom is 0.274 e. The van der Waals surface area contributed by atoms with Gasteiger partial charge in [0.15, 0.2) is 0 Å². The molecule has 4 rings (SSSR count). The number of nitrogens with zero attached hydrogens (tertiary/aromatic N) is 3. The Morgan fingerprint density at radius 1 is 1.07 bits per heavy atom. The van der Waals surface area contributed by atoms with Crippen LogP contribution >= 0.6 is 0 Å². The number of nitriles is 1. The van der Waals surface area contributed by atoms with E-state index in [0.29, 0.717) is 22.9 Å². The lowest BCUT2D eigenvalue weighted by Gasteiger charge is -2.33. The first-order chi connectivity index (χ1) is 14.7. The summed E-state index contributed by atoms with van der Waals surface area (Å²) in [5, 5.41) is 11.8. The Bertz CT molecular complexity index is 1030. The molecule has 150 valence electrons. The monoisotopic (exact) mass is 396 g/mol. The molecule has 2 heterocycles. The molecule has 0 unspecified atom stereocenters. The van der Waals surface area contributed by atoms with E-state index < -0.39 is 0 Å². The Labute approximate surface area is 177 Å². The molecule has 0 radical (unpaired) electrons. The molecule has 0 spiro atoms. The van der Waals surface area contributed by atoms with Gasteiger partial charge in [0.2, 0.25) is 0 Å². The van der Waals surface area contributed by atoms with Crippen molar-refractivity contribution < 1.29 is 4.79 Å². The third-order valence-corrected chi connectivity index (χ3v) is 5.58. The van der Waals surface area contributed by atoms with Gasteiger partial charge in [-0.3, -0.25) is 4.79 Å². The van der Waals surface area contributed by atoms with Gasteiger partial charge in [-0.25, -0.2) is 4.98 Å². The summed E-state index contributed by atoms with van der Waals surface area (Å²) in [5.74, 6) is 0.434. The van der Waals surface area contributed by atoms with Crippen LogP contribution in [0.2, 0.25) is 0 Å². The Hall–Kier alpha value is -3.65. The van der Waals surface area contributed by atoms with Crippen LogP contribution in [0.5, 0.6) is 0 Å². The average molecular weight is 396 g/mol. The second kappa shape index (κ2) is 9.23. The summed E-state index contributed by atoms with van der Waals surface area (Å²) in [4.78, 5) is 19.1. The number of hydrogen-bond donors (Lipinski definition) is 1. The number of carbonyl (C=O) groups is 1. The first kappa shape index (κ1) is 19.7. The predicted molar refractivity (Wildman–Crippen MR) is 118 cm³/mol. The van der Waals surface area contributed by atoms with E-state index >= 15 is 0 Å². The van der Waals surface area contributed by atoms with Gasteiger partial charge in [-0.1, -0.05) is 36.4 Å². The number of amides is 1. The second-order valence-electron chi connectivity index (χ2n) is 7.67. The number of benzene rings is 2. The minimum atomic E-state index is -0.279. The molecular formula is C25H24N4O. The fourth-order valence-corrected chi connectivity index (χ4v) is 3.91. The van der Waals surface area contributed by atoms with Crippen molar-refractivity contribution in [2.45, 2.75) is 19.3 Å². The van der Waals surface area contributed by atoms with Gasteiger partial charge in [0.1, 0.15) is 5.69 Å². The van der Waals surface area contributed by atoms with E-state index in [0.717, 1.165) is 38.0 Å². The molecule has 1 N–H and O–H groups in total. The van der Waals surface area contributed by atoms with Gasteiger partial charge in [-0.2, -0.15) is 5.26 Å². The molecule has 5 nitrogen and oxygen atoms in total. The summed E-state index contributed by atoms with van der Waals surface area (Å²) in [5.41, 5.74) is 3.92. The molecule has 1 aliphatic rings. The minimum absolute atomic E-state index is 0.279. The molecule has 1 fully saturated rings. The SMILES string of the molecule is N#Cc1cccc(NC(=O)c2ccc(N3CCC(Cc4ccccc4)CC3)cn2)c1. The fraction of sp³-hybridized carbons (Fsp3) is 0.240. The zero-order valence-electron chi connectivity index (χ0n) is 16.8. The standard InChI is InChI=1S/C25H24N4O/c26-17-21-7-4-8-22(16-21)28-25(30)24-10-9-23(18-27-24)29-13-11-20(12-14-29)15-19-5-2-1-3-6-19/h1-10,16,18,20H,11-15H2,(H,28,30).